The summed E-state index contributed by atoms with van der Waals surface area (Å²) >= 11 is 0. The molecule has 1 aromatic heterocycles. The Balaban J connectivity index is 1.64. The van der Waals surface area contributed by atoms with Crippen LogP contribution in [-0.2, 0) is 11.2 Å². The maximum atomic E-state index is 13.5. The van der Waals surface area contributed by atoms with E-state index in [9.17, 15) is 4.79 Å². The van der Waals surface area contributed by atoms with Crippen molar-refractivity contribution in [2.45, 2.75) is 12.5 Å². The van der Waals surface area contributed by atoms with E-state index in [1.807, 2.05) is 42.5 Å². The molecule has 0 radical (unpaired) electrons. The third-order valence-corrected chi connectivity index (χ3v) is 6.31. The van der Waals surface area contributed by atoms with E-state index in [0.29, 0.717) is 6.42 Å². The van der Waals surface area contributed by atoms with E-state index < -0.39 is 6.04 Å². The van der Waals surface area contributed by atoms with Gasteiger partial charge in [-0.25, -0.2) is 4.98 Å². The van der Waals surface area contributed by atoms with E-state index in [2.05, 4.69) is 71.2 Å². The molecule has 2 heterocycles. The highest BCUT2D eigenvalue weighted by molar-refractivity contribution is 6.02. The minimum Gasteiger partial charge on any atom is -0.373 e. The molecule has 0 aliphatic carbocycles. The highest BCUT2D eigenvalue weighted by Gasteiger charge is 2.31. The SMILES string of the molecule is CN(C)CCN(C)c1ccc2c(c1)-c1nc3ccccc3n1[C@H](Cc1ccccc1)C(=O)N2. The van der Waals surface area contributed by atoms with Gasteiger partial charge in [-0.3, -0.25) is 4.79 Å². The molecule has 33 heavy (non-hydrogen) atoms. The molecule has 0 spiro atoms. The van der Waals surface area contributed by atoms with Crippen LogP contribution in [0.2, 0.25) is 0 Å². The van der Waals surface area contributed by atoms with E-state index in [-0.39, 0.29) is 5.91 Å². The quantitative estimate of drug-likeness (QED) is 0.483. The van der Waals surface area contributed by atoms with Gasteiger partial charge in [-0.2, -0.15) is 0 Å². The van der Waals surface area contributed by atoms with Gasteiger partial charge in [0.2, 0.25) is 5.91 Å². The Morgan fingerprint density at radius 3 is 2.48 bits per heavy atom. The summed E-state index contributed by atoms with van der Waals surface area (Å²) in [6.45, 7) is 1.87. The molecule has 4 aromatic rings. The van der Waals surface area contributed by atoms with Crippen molar-refractivity contribution in [3.63, 3.8) is 0 Å². The second kappa shape index (κ2) is 8.71. The highest BCUT2D eigenvalue weighted by Crippen LogP contribution is 2.39. The maximum Gasteiger partial charge on any atom is 0.247 e. The minimum atomic E-state index is -0.392. The Kier molecular flexibility index (Phi) is 5.60. The Morgan fingerprint density at radius 2 is 1.70 bits per heavy atom. The second-order valence-corrected chi connectivity index (χ2v) is 8.94. The lowest BCUT2D eigenvalue weighted by Gasteiger charge is -2.22. The molecule has 1 atom stereocenters. The molecule has 5 rings (SSSR count). The molecule has 1 amide bonds. The van der Waals surface area contributed by atoms with Gasteiger partial charge in [0, 0.05) is 37.8 Å². The molecule has 0 unspecified atom stereocenters. The number of likely N-dealkylation sites (N-methyl/N-ethyl adjacent to an activating group) is 2. The van der Waals surface area contributed by atoms with Gasteiger partial charge in [-0.1, -0.05) is 42.5 Å². The zero-order valence-electron chi connectivity index (χ0n) is 19.3. The number of nitrogens with zero attached hydrogens (tertiary/aromatic N) is 4. The Labute approximate surface area is 194 Å². The molecule has 6 nitrogen and oxygen atoms in total. The molecule has 0 bridgehead atoms. The Bertz CT molecular complexity index is 1290. The van der Waals surface area contributed by atoms with Crippen LogP contribution in [0.4, 0.5) is 11.4 Å². The van der Waals surface area contributed by atoms with Crippen molar-refractivity contribution in [3.05, 3.63) is 78.4 Å². The predicted octanol–water partition coefficient (Wildman–Crippen LogP) is 4.44. The molecule has 1 aliphatic rings. The van der Waals surface area contributed by atoms with E-state index in [0.717, 1.165) is 52.4 Å². The number of imidazole rings is 1. The average molecular weight is 440 g/mol. The summed E-state index contributed by atoms with van der Waals surface area (Å²) in [6, 6.07) is 24.1. The normalized spacial score (nSPS) is 15.2. The van der Waals surface area contributed by atoms with E-state index in [4.69, 9.17) is 4.98 Å². The fraction of sp³-hybridized carbons (Fsp3) is 0.259. The van der Waals surface area contributed by atoms with Crippen molar-refractivity contribution in [3.8, 4) is 11.4 Å². The van der Waals surface area contributed by atoms with E-state index in [1.165, 1.54) is 0 Å². The van der Waals surface area contributed by atoms with Crippen molar-refractivity contribution in [2.75, 3.05) is 44.4 Å². The number of para-hydroxylation sites is 2. The van der Waals surface area contributed by atoms with E-state index >= 15 is 0 Å². The molecule has 1 N–H and O–H groups in total. The molecule has 3 aromatic carbocycles. The molecule has 0 saturated carbocycles. The van der Waals surface area contributed by atoms with Gasteiger partial charge in [-0.05, 0) is 50.0 Å². The summed E-state index contributed by atoms with van der Waals surface area (Å²) < 4.78 is 2.12. The number of hydrogen-bond donors (Lipinski definition) is 1. The van der Waals surface area contributed by atoms with Gasteiger partial charge in [0.1, 0.15) is 11.9 Å². The average Bonchev–Trinajstić information content (AvgIpc) is 3.16. The van der Waals surface area contributed by atoms with Crippen LogP contribution in [0.15, 0.2) is 72.8 Å². The van der Waals surface area contributed by atoms with Gasteiger partial charge in [0.15, 0.2) is 0 Å². The fourth-order valence-corrected chi connectivity index (χ4v) is 4.45. The van der Waals surface area contributed by atoms with Crippen LogP contribution >= 0.6 is 0 Å². The van der Waals surface area contributed by atoms with Crippen LogP contribution in [0, 0.1) is 0 Å². The first-order valence-electron chi connectivity index (χ1n) is 11.3. The minimum absolute atomic E-state index is 0.0179. The summed E-state index contributed by atoms with van der Waals surface area (Å²) in [6.07, 6.45) is 0.601. The first kappa shape index (κ1) is 21.2. The summed E-state index contributed by atoms with van der Waals surface area (Å²) in [4.78, 5) is 22.9. The zero-order chi connectivity index (χ0) is 22.9. The van der Waals surface area contributed by atoms with Crippen molar-refractivity contribution in [1.29, 1.82) is 0 Å². The lowest BCUT2D eigenvalue weighted by atomic mass is 10.0. The lowest BCUT2D eigenvalue weighted by Crippen LogP contribution is -2.28. The molecular formula is C27H29N5O. The monoisotopic (exact) mass is 439 g/mol. The molecular weight excluding hydrogens is 410 g/mol. The summed E-state index contributed by atoms with van der Waals surface area (Å²) in [5, 5.41) is 3.18. The molecule has 1 aliphatic heterocycles. The van der Waals surface area contributed by atoms with Gasteiger partial charge < -0.3 is 19.7 Å². The first-order valence-corrected chi connectivity index (χ1v) is 11.3. The van der Waals surface area contributed by atoms with Gasteiger partial charge in [0.05, 0.1) is 16.7 Å². The van der Waals surface area contributed by atoms with Crippen molar-refractivity contribution in [2.24, 2.45) is 0 Å². The lowest BCUT2D eigenvalue weighted by molar-refractivity contribution is -0.119. The highest BCUT2D eigenvalue weighted by atomic mass is 16.2. The Hall–Kier alpha value is -3.64. The topological polar surface area (TPSA) is 53.4 Å². The van der Waals surface area contributed by atoms with Crippen LogP contribution in [-0.4, -0.2) is 54.6 Å². The number of anilines is 2. The summed E-state index contributed by atoms with van der Waals surface area (Å²) in [5.41, 5.74) is 5.85. The number of carbonyl (C=O) groups is 1. The smallest absolute Gasteiger partial charge is 0.247 e. The number of rotatable bonds is 6. The van der Waals surface area contributed by atoms with E-state index in [1.54, 1.807) is 0 Å². The molecule has 6 heteroatoms. The zero-order valence-corrected chi connectivity index (χ0v) is 19.3. The van der Waals surface area contributed by atoms with Crippen molar-refractivity contribution < 1.29 is 4.79 Å². The first-order chi connectivity index (χ1) is 16.0. The van der Waals surface area contributed by atoms with Gasteiger partial charge >= 0.3 is 0 Å². The van der Waals surface area contributed by atoms with Crippen molar-refractivity contribution in [1.82, 2.24) is 14.5 Å². The molecule has 168 valence electrons. The van der Waals surface area contributed by atoms with Crippen LogP contribution in [0.25, 0.3) is 22.4 Å². The second-order valence-electron chi connectivity index (χ2n) is 8.94. The largest absolute Gasteiger partial charge is 0.373 e. The van der Waals surface area contributed by atoms with Crippen molar-refractivity contribution >= 4 is 28.3 Å². The summed E-state index contributed by atoms with van der Waals surface area (Å²) in [7, 11) is 6.26. The number of benzene rings is 3. The molecule has 0 fully saturated rings. The summed E-state index contributed by atoms with van der Waals surface area (Å²) in [5.74, 6) is 0.809. The standard InChI is InChI=1S/C27H29N5O/c1-30(2)15-16-31(3)20-13-14-22-21(18-20)26-28-23-11-7-8-12-24(23)32(26)25(27(33)29-22)17-19-9-5-4-6-10-19/h4-14,18,25H,15-17H2,1-3H3,(H,29,33)/t25-/m1/s1. The predicted molar refractivity (Wildman–Crippen MR) is 135 cm³/mol. The number of hydrogen-bond acceptors (Lipinski definition) is 4. The third kappa shape index (κ3) is 4.10. The number of carbonyl (C=O) groups excluding carboxylic acids is 1. The fourth-order valence-electron chi connectivity index (χ4n) is 4.45. The third-order valence-electron chi connectivity index (χ3n) is 6.31. The number of fused-ring (bicyclic) bond motifs is 5. The molecule has 0 saturated heterocycles. The number of amides is 1. The number of nitrogens with one attached hydrogen (secondary N) is 1. The Morgan fingerprint density at radius 1 is 0.939 bits per heavy atom. The van der Waals surface area contributed by atoms with Crippen LogP contribution < -0.4 is 10.2 Å². The van der Waals surface area contributed by atoms with Crippen LogP contribution in [0.5, 0.6) is 0 Å². The number of aromatic nitrogens is 2. The van der Waals surface area contributed by atoms with Crippen LogP contribution in [0.1, 0.15) is 11.6 Å². The van der Waals surface area contributed by atoms with Gasteiger partial charge in [-0.15, -0.1) is 0 Å². The van der Waals surface area contributed by atoms with Crippen LogP contribution in [0.3, 0.4) is 0 Å². The van der Waals surface area contributed by atoms with Gasteiger partial charge in [0.25, 0.3) is 0 Å². The maximum absolute atomic E-state index is 13.5.